The Balaban J connectivity index is 1.91. The number of aromatic nitrogens is 3. The number of fused-ring (bicyclic) bond motifs is 1. The van der Waals surface area contributed by atoms with Crippen molar-refractivity contribution in [2.45, 2.75) is 20.4 Å². The van der Waals surface area contributed by atoms with Crippen LogP contribution in [0.3, 0.4) is 0 Å². The molecule has 0 unspecified atom stereocenters. The van der Waals surface area contributed by atoms with Crippen molar-refractivity contribution in [3.05, 3.63) is 64.2 Å². The van der Waals surface area contributed by atoms with Crippen molar-refractivity contribution >= 4 is 22.8 Å². The van der Waals surface area contributed by atoms with E-state index in [4.69, 9.17) is 0 Å². The molecule has 23 heavy (non-hydrogen) atoms. The van der Waals surface area contributed by atoms with Crippen LogP contribution in [-0.2, 0) is 11.3 Å². The SMILES string of the molecule is Cc1ccc(NC(=O)Cn2c(=O)c(C)nc3ccccc32)nc1. The van der Waals surface area contributed by atoms with Crippen LogP contribution in [0.25, 0.3) is 11.0 Å². The molecule has 116 valence electrons. The predicted octanol–water partition coefficient (Wildman–Crippen LogP) is 2.05. The Hall–Kier alpha value is -3.02. The number of hydrogen-bond acceptors (Lipinski definition) is 4. The minimum atomic E-state index is -0.306. The van der Waals surface area contributed by atoms with Gasteiger partial charge in [0.2, 0.25) is 5.91 Å². The maximum atomic E-state index is 12.3. The van der Waals surface area contributed by atoms with Gasteiger partial charge in [-0.3, -0.25) is 14.2 Å². The molecule has 0 aliphatic rings. The summed E-state index contributed by atoms with van der Waals surface area (Å²) >= 11 is 0. The zero-order valence-electron chi connectivity index (χ0n) is 12.9. The largest absolute Gasteiger partial charge is 0.309 e. The van der Waals surface area contributed by atoms with E-state index in [1.165, 1.54) is 4.57 Å². The molecule has 2 heterocycles. The van der Waals surface area contributed by atoms with Gasteiger partial charge in [0.15, 0.2) is 0 Å². The van der Waals surface area contributed by atoms with E-state index < -0.39 is 0 Å². The Kier molecular flexibility index (Phi) is 3.89. The van der Waals surface area contributed by atoms with Crippen LogP contribution in [0, 0.1) is 13.8 Å². The van der Waals surface area contributed by atoms with E-state index in [-0.39, 0.29) is 18.0 Å². The number of anilines is 1. The maximum Gasteiger partial charge on any atom is 0.272 e. The number of para-hydroxylation sites is 2. The van der Waals surface area contributed by atoms with Crippen LogP contribution < -0.4 is 10.9 Å². The van der Waals surface area contributed by atoms with Gasteiger partial charge < -0.3 is 5.32 Å². The summed E-state index contributed by atoms with van der Waals surface area (Å²) < 4.78 is 1.43. The Morgan fingerprint density at radius 1 is 1.17 bits per heavy atom. The molecule has 2 aromatic heterocycles. The highest BCUT2D eigenvalue weighted by Crippen LogP contribution is 2.10. The third kappa shape index (κ3) is 3.11. The molecule has 0 saturated carbocycles. The summed E-state index contributed by atoms with van der Waals surface area (Å²) in [5.41, 5.74) is 2.43. The highest BCUT2D eigenvalue weighted by molar-refractivity contribution is 5.90. The predicted molar refractivity (Wildman–Crippen MR) is 88.3 cm³/mol. The molecule has 3 aromatic rings. The minimum Gasteiger partial charge on any atom is -0.309 e. The highest BCUT2D eigenvalue weighted by Gasteiger charge is 2.11. The van der Waals surface area contributed by atoms with Gasteiger partial charge in [-0.25, -0.2) is 9.97 Å². The molecule has 0 bridgehead atoms. The molecule has 0 radical (unpaired) electrons. The summed E-state index contributed by atoms with van der Waals surface area (Å²) in [6, 6.07) is 10.8. The Morgan fingerprint density at radius 3 is 2.70 bits per heavy atom. The Morgan fingerprint density at radius 2 is 1.96 bits per heavy atom. The van der Waals surface area contributed by atoms with Gasteiger partial charge >= 0.3 is 0 Å². The van der Waals surface area contributed by atoms with Crippen molar-refractivity contribution < 1.29 is 4.79 Å². The second-order valence-electron chi connectivity index (χ2n) is 5.35. The smallest absolute Gasteiger partial charge is 0.272 e. The molecule has 0 fully saturated rings. The van der Waals surface area contributed by atoms with E-state index in [1.807, 2.05) is 31.2 Å². The van der Waals surface area contributed by atoms with Gasteiger partial charge in [0.25, 0.3) is 5.56 Å². The molecule has 0 spiro atoms. The molecule has 6 nitrogen and oxygen atoms in total. The average Bonchev–Trinajstić information content (AvgIpc) is 2.54. The van der Waals surface area contributed by atoms with E-state index in [0.717, 1.165) is 5.56 Å². The number of nitrogens with one attached hydrogen (secondary N) is 1. The van der Waals surface area contributed by atoms with Crippen LogP contribution in [0.15, 0.2) is 47.4 Å². The van der Waals surface area contributed by atoms with Crippen molar-refractivity contribution in [3.63, 3.8) is 0 Å². The topological polar surface area (TPSA) is 76.9 Å². The summed E-state index contributed by atoms with van der Waals surface area (Å²) in [6.45, 7) is 3.48. The van der Waals surface area contributed by atoms with Gasteiger partial charge in [-0.05, 0) is 37.6 Å². The number of aryl methyl sites for hydroxylation is 2. The first-order valence-electron chi connectivity index (χ1n) is 7.23. The van der Waals surface area contributed by atoms with E-state index in [1.54, 1.807) is 25.3 Å². The van der Waals surface area contributed by atoms with Crippen LogP contribution in [0.2, 0.25) is 0 Å². The zero-order chi connectivity index (χ0) is 16.4. The number of amides is 1. The van der Waals surface area contributed by atoms with Gasteiger partial charge in [0, 0.05) is 6.20 Å². The van der Waals surface area contributed by atoms with Crippen LogP contribution >= 0.6 is 0 Å². The summed E-state index contributed by atoms with van der Waals surface area (Å²) in [6.07, 6.45) is 1.67. The number of carbonyl (C=O) groups excluding carboxylic acids is 1. The van der Waals surface area contributed by atoms with Gasteiger partial charge in [0.1, 0.15) is 18.1 Å². The highest BCUT2D eigenvalue weighted by atomic mass is 16.2. The lowest BCUT2D eigenvalue weighted by Crippen LogP contribution is -2.30. The lowest BCUT2D eigenvalue weighted by molar-refractivity contribution is -0.116. The van der Waals surface area contributed by atoms with Crippen LogP contribution in [0.1, 0.15) is 11.3 Å². The summed E-state index contributed by atoms with van der Waals surface area (Å²) in [4.78, 5) is 33.0. The zero-order valence-corrected chi connectivity index (χ0v) is 12.9. The van der Waals surface area contributed by atoms with Gasteiger partial charge in [0.05, 0.1) is 11.0 Å². The molecule has 1 aromatic carbocycles. The molecular formula is C17H16N4O2. The first kappa shape index (κ1) is 14.9. The maximum absolute atomic E-state index is 12.3. The molecule has 1 N–H and O–H groups in total. The first-order valence-corrected chi connectivity index (χ1v) is 7.23. The fourth-order valence-corrected chi connectivity index (χ4v) is 2.34. The monoisotopic (exact) mass is 308 g/mol. The van der Waals surface area contributed by atoms with Crippen molar-refractivity contribution in [2.24, 2.45) is 0 Å². The summed E-state index contributed by atoms with van der Waals surface area (Å²) in [7, 11) is 0. The van der Waals surface area contributed by atoms with Crippen LogP contribution in [-0.4, -0.2) is 20.4 Å². The number of rotatable bonds is 3. The summed E-state index contributed by atoms with van der Waals surface area (Å²) in [5, 5.41) is 2.70. The average molecular weight is 308 g/mol. The number of hydrogen-bond donors (Lipinski definition) is 1. The lowest BCUT2D eigenvalue weighted by atomic mass is 10.2. The Bertz CT molecular complexity index is 929. The second kappa shape index (κ2) is 6.00. The molecule has 6 heteroatoms. The van der Waals surface area contributed by atoms with Crippen molar-refractivity contribution in [2.75, 3.05) is 5.32 Å². The third-order valence-electron chi connectivity index (χ3n) is 3.50. The number of nitrogens with zero attached hydrogens (tertiary/aromatic N) is 3. The first-order chi connectivity index (χ1) is 11.0. The number of carbonyl (C=O) groups is 1. The second-order valence-corrected chi connectivity index (χ2v) is 5.35. The fourth-order valence-electron chi connectivity index (χ4n) is 2.34. The third-order valence-corrected chi connectivity index (χ3v) is 3.50. The van der Waals surface area contributed by atoms with Crippen molar-refractivity contribution in [1.29, 1.82) is 0 Å². The van der Waals surface area contributed by atoms with Crippen molar-refractivity contribution in [3.8, 4) is 0 Å². The van der Waals surface area contributed by atoms with E-state index in [2.05, 4.69) is 15.3 Å². The van der Waals surface area contributed by atoms with Gasteiger partial charge in [-0.15, -0.1) is 0 Å². The van der Waals surface area contributed by atoms with E-state index >= 15 is 0 Å². The van der Waals surface area contributed by atoms with Crippen LogP contribution in [0.5, 0.6) is 0 Å². The standard InChI is InChI=1S/C17H16N4O2/c1-11-7-8-15(18-9-11)20-16(22)10-21-14-6-4-3-5-13(14)19-12(2)17(21)23/h3-9H,10H2,1-2H3,(H,18,20,22). The molecular weight excluding hydrogens is 292 g/mol. The van der Waals surface area contributed by atoms with Crippen LogP contribution in [0.4, 0.5) is 5.82 Å². The lowest BCUT2D eigenvalue weighted by Gasteiger charge is -2.11. The molecule has 1 amide bonds. The van der Waals surface area contributed by atoms with E-state index in [9.17, 15) is 9.59 Å². The summed E-state index contributed by atoms with van der Waals surface area (Å²) in [5.74, 6) is 0.155. The van der Waals surface area contributed by atoms with Gasteiger partial charge in [-0.1, -0.05) is 18.2 Å². The normalized spacial score (nSPS) is 10.7. The molecule has 3 rings (SSSR count). The van der Waals surface area contributed by atoms with E-state index in [0.29, 0.717) is 22.5 Å². The molecule has 0 saturated heterocycles. The minimum absolute atomic E-state index is 0.0851. The molecule has 0 atom stereocenters. The molecule has 0 aliphatic heterocycles. The fraction of sp³-hybridized carbons (Fsp3) is 0.176. The van der Waals surface area contributed by atoms with Gasteiger partial charge in [-0.2, -0.15) is 0 Å². The van der Waals surface area contributed by atoms with Crippen molar-refractivity contribution in [1.82, 2.24) is 14.5 Å². The molecule has 0 aliphatic carbocycles. The Labute approximate surface area is 132 Å². The number of pyridine rings is 1. The number of benzene rings is 1. The quantitative estimate of drug-likeness (QED) is 0.803.